The smallest absolute Gasteiger partial charge is 0.495 e. The number of methoxy groups -OCH3 is 1. The van der Waals surface area contributed by atoms with Crippen LogP contribution in [0.4, 0.5) is 5.69 Å². The van der Waals surface area contributed by atoms with Gasteiger partial charge in [-0.3, -0.25) is 0 Å². The Morgan fingerprint density at radius 3 is 2.39 bits per heavy atom. The van der Waals surface area contributed by atoms with Gasteiger partial charge in [-0.1, -0.05) is 12.1 Å². The number of hydrogen-bond donors (Lipinski definition) is 1. The number of benzene rings is 1. The first-order valence-corrected chi connectivity index (χ1v) is 5.86. The van der Waals surface area contributed by atoms with Crippen LogP contribution in [0.5, 0.6) is 5.75 Å². The third kappa shape index (κ3) is 1.97. The predicted molar refractivity (Wildman–Crippen MR) is 73.1 cm³/mol. The van der Waals surface area contributed by atoms with E-state index in [4.69, 9.17) is 23.9 Å². The zero-order valence-electron chi connectivity index (χ0n) is 14.1. The maximum atomic E-state index is 7.26. The molecule has 1 aliphatic rings. The van der Waals surface area contributed by atoms with Gasteiger partial charge in [0.2, 0.25) is 0 Å². The lowest BCUT2D eigenvalue weighted by molar-refractivity contribution is 0.00578. The molecule has 1 aromatic rings. The summed E-state index contributed by atoms with van der Waals surface area (Å²) in [6, 6.07) is 4.98. The summed E-state index contributed by atoms with van der Waals surface area (Å²) in [5.41, 5.74) is 5.50. The number of para-hydroxylation sites is 1. The number of ether oxygens (including phenoxy) is 1. The van der Waals surface area contributed by atoms with E-state index in [0.717, 1.165) is 0 Å². The molecule has 2 N–H and O–H groups in total. The van der Waals surface area contributed by atoms with Crippen molar-refractivity contribution in [2.24, 2.45) is 0 Å². The van der Waals surface area contributed by atoms with Crippen molar-refractivity contribution in [1.29, 1.82) is 0 Å². The topological polar surface area (TPSA) is 53.7 Å². The Morgan fingerprint density at radius 1 is 1.22 bits per heavy atom. The van der Waals surface area contributed by atoms with E-state index in [1.807, 2.05) is 27.7 Å². The molecule has 1 heterocycles. The summed E-state index contributed by atoms with van der Waals surface area (Å²) in [5.74, 6) is 0.0796. The summed E-state index contributed by atoms with van der Waals surface area (Å²) in [4.78, 5) is 0. The van der Waals surface area contributed by atoms with Crippen molar-refractivity contribution >= 4 is 18.3 Å². The molecule has 0 radical (unpaired) electrons. The van der Waals surface area contributed by atoms with Crippen LogP contribution in [0.25, 0.3) is 0 Å². The first-order chi connectivity index (χ1) is 9.43. The molecule has 4 nitrogen and oxygen atoms in total. The molecule has 5 heteroatoms. The molecule has 0 aromatic heterocycles. The van der Waals surface area contributed by atoms with Gasteiger partial charge in [0.1, 0.15) is 5.75 Å². The molecule has 0 spiro atoms. The molecule has 2 rings (SSSR count). The van der Waals surface area contributed by atoms with Crippen LogP contribution in [0, 0.1) is 0 Å². The third-order valence-electron chi connectivity index (χ3n) is 3.69. The van der Waals surface area contributed by atoms with Crippen LogP contribution >= 0.6 is 0 Å². The first-order valence-electron chi connectivity index (χ1n) is 7.36. The molecule has 0 amide bonds. The molecule has 0 saturated carbocycles. The number of rotatable bonds is 2. The second kappa shape index (κ2) is 4.18. The van der Waals surface area contributed by atoms with Crippen LogP contribution in [0.15, 0.2) is 18.2 Å². The van der Waals surface area contributed by atoms with E-state index in [0.29, 0.717) is 5.46 Å². The van der Waals surface area contributed by atoms with Crippen LogP contribution in [-0.4, -0.2) is 25.4 Å². The summed E-state index contributed by atoms with van der Waals surface area (Å²) < 4.78 is 38.7. The highest BCUT2D eigenvalue weighted by Crippen LogP contribution is 2.37. The molecule has 1 saturated heterocycles. The Labute approximate surface area is 113 Å². The zero-order valence-corrected chi connectivity index (χ0v) is 11.1. The Balaban J connectivity index is 2.40. The lowest BCUT2D eigenvalue weighted by Gasteiger charge is -2.32. The van der Waals surface area contributed by atoms with Crippen molar-refractivity contribution < 1.29 is 18.2 Å². The number of nitrogen functional groups attached to an aromatic ring is 1. The molecule has 1 aromatic carbocycles. The van der Waals surface area contributed by atoms with Crippen molar-refractivity contribution in [2.75, 3.05) is 12.8 Å². The lowest BCUT2D eigenvalue weighted by Crippen LogP contribution is -2.41. The average molecular weight is 252 g/mol. The van der Waals surface area contributed by atoms with Crippen molar-refractivity contribution in [3.05, 3.63) is 18.2 Å². The number of hydrogen-bond acceptors (Lipinski definition) is 4. The van der Waals surface area contributed by atoms with Crippen LogP contribution in [0.2, 0.25) is 0 Å². The number of nitrogens with two attached hydrogens (primary N) is 1. The highest BCUT2D eigenvalue weighted by atomic mass is 16.7. The average Bonchev–Trinajstić information content (AvgIpc) is 2.49. The van der Waals surface area contributed by atoms with Gasteiger partial charge in [-0.25, -0.2) is 0 Å². The van der Waals surface area contributed by atoms with Crippen molar-refractivity contribution in [2.45, 2.75) is 38.9 Å². The molecule has 0 unspecified atom stereocenters. The fourth-order valence-corrected chi connectivity index (χ4v) is 1.85. The molecule has 0 aliphatic carbocycles. The normalized spacial score (nSPS) is 24.2. The van der Waals surface area contributed by atoms with Crippen LogP contribution in [0.1, 0.15) is 31.8 Å². The minimum absolute atomic E-state index is 0.0796. The predicted octanol–water partition coefficient (Wildman–Crippen LogP) is 1.58. The Morgan fingerprint density at radius 2 is 1.83 bits per heavy atom. The Bertz CT molecular complexity index is 530. The van der Waals surface area contributed by atoms with Gasteiger partial charge >= 0.3 is 7.12 Å². The Hall–Kier alpha value is -1.20. The van der Waals surface area contributed by atoms with E-state index >= 15 is 0 Å². The maximum Gasteiger partial charge on any atom is 0.498 e. The second-order valence-electron chi connectivity index (χ2n) is 5.46. The molecule has 0 atom stereocenters. The van der Waals surface area contributed by atoms with Crippen molar-refractivity contribution in [1.82, 2.24) is 0 Å². The van der Waals surface area contributed by atoms with Gasteiger partial charge in [-0.05, 0) is 33.8 Å². The molecule has 18 heavy (non-hydrogen) atoms. The zero-order chi connectivity index (χ0) is 16.1. The molecule has 0 bridgehead atoms. The van der Waals surface area contributed by atoms with E-state index in [9.17, 15) is 0 Å². The van der Waals surface area contributed by atoms with Gasteiger partial charge in [0.15, 0.2) is 0 Å². The van der Waals surface area contributed by atoms with Crippen LogP contribution < -0.4 is 15.9 Å². The minimum Gasteiger partial charge on any atom is -0.495 e. The standard InChI is InChI=1S/C13H20BNO3/c1-12(2)13(3,4)18-14(17-12)9-7-6-8-10(15)11(9)16-5/h6-8H,15H2,1-5H3/i5D3. The van der Waals surface area contributed by atoms with Gasteiger partial charge < -0.3 is 19.8 Å². The van der Waals surface area contributed by atoms with E-state index in [2.05, 4.69) is 0 Å². The fraction of sp³-hybridized carbons (Fsp3) is 0.538. The Kier molecular flexibility index (Phi) is 2.25. The summed E-state index contributed by atoms with van der Waals surface area (Å²) in [6.07, 6.45) is 0. The van der Waals surface area contributed by atoms with E-state index in [1.165, 1.54) is 0 Å². The van der Waals surface area contributed by atoms with Gasteiger partial charge in [0.05, 0.1) is 28.0 Å². The van der Waals surface area contributed by atoms with E-state index in [1.54, 1.807) is 18.2 Å². The van der Waals surface area contributed by atoms with Gasteiger partial charge in [0.25, 0.3) is 0 Å². The summed E-state index contributed by atoms with van der Waals surface area (Å²) in [5, 5.41) is 0. The number of anilines is 1. The lowest BCUT2D eigenvalue weighted by atomic mass is 9.78. The van der Waals surface area contributed by atoms with Gasteiger partial charge in [-0.2, -0.15) is 0 Å². The van der Waals surface area contributed by atoms with E-state index < -0.39 is 25.4 Å². The molecule has 98 valence electrons. The third-order valence-corrected chi connectivity index (χ3v) is 3.69. The minimum atomic E-state index is -2.59. The summed E-state index contributed by atoms with van der Waals surface area (Å²) in [6.45, 7) is 7.68. The quantitative estimate of drug-likeness (QED) is 0.641. The fourth-order valence-electron chi connectivity index (χ4n) is 1.85. The first kappa shape index (κ1) is 9.70. The molecule has 1 fully saturated rings. The van der Waals surface area contributed by atoms with Crippen molar-refractivity contribution in [3.63, 3.8) is 0 Å². The summed E-state index contributed by atoms with van der Waals surface area (Å²) in [7, 11) is -3.32. The SMILES string of the molecule is [2H]C([2H])([2H])Oc1c(N)cccc1B1OC(C)(C)C(C)(C)O1. The highest BCUT2D eigenvalue weighted by Gasteiger charge is 2.52. The van der Waals surface area contributed by atoms with Crippen LogP contribution in [-0.2, 0) is 9.31 Å². The van der Waals surface area contributed by atoms with Crippen molar-refractivity contribution in [3.8, 4) is 5.75 Å². The molecular weight excluding hydrogens is 229 g/mol. The molecular formula is C13H20BNO3. The second-order valence-corrected chi connectivity index (χ2v) is 5.46. The molecule has 1 aliphatic heterocycles. The van der Waals surface area contributed by atoms with Gasteiger partial charge in [-0.15, -0.1) is 0 Å². The monoisotopic (exact) mass is 252 g/mol. The van der Waals surface area contributed by atoms with E-state index in [-0.39, 0.29) is 11.4 Å². The maximum absolute atomic E-state index is 7.26. The van der Waals surface area contributed by atoms with Crippen LogP contribution in [0.3, 0.4) is 0 Å². The largest absolute Gasteiger partial charge is 0.498 e. The van der Waals surface area contributed by atoms with Gasteiger partial charge in [0, 0.05) is 5.46 Å². The summed E-state index contributed by atoms with van der Waals surface area (Å²) >= 11 is 0. The highest BCUT2D eigenvalue weighted by molar-refractivity contribution is 6.63.